The highest BCUT2D eigenvalue weighted by Crippen LogP contribution is 2.29. The predicted molar refractivity (Wildman–Crippen MR) is 67.7 cm³/mol. The zero-order valence-electron chi connectivity index (χ0n) is 8.95. The lowest BCUT2D eigenvalue weighted by atomic mass is 10.3. The van der Waals surface area contributed by atoms with E-state index < -0.39 is 0 Å². The third kappa shape index (κ3) is 2.78. The molecule has 2 N–H and O–H groups in total. The Balaban J connectivity index is 2.31. The number of rotatable bonds is 2. The highest BCUT2D eigenvalue weighted by Gasteiger charge is 2.06. The standard InChI is InChI=1S/C11H9Cl2N3O/c1-6-5-15-11(14)16-10(6)17-7-2-3-8(12)9(13)4-7/h2-5H,1H3,(H2,14,15,16). The molecule has 0 fully saturated rings. The maximum Gasteiger partial charge on any atom is 0.226 e. The van der Waals surface area contributed by atoms with Crippen molar-refractivity contribution in [3.05, 3.63) is 40.0 Å². The lowest BCUT2D eigenvalue weighted by Gasteiger charge is -2.08. The maximum absolute atomic E-state index is 5.88. The molecular formula is C11H9Cl2N3O. The van der Waals surface area contributed by atoms with Crippen molar-refractivity contribution in [1.82, 2.24) is 9.97 Å². The van der Waals surface area contributed by atoms with Crippen LogP contribution in [0.2, 0.25) is 10.0 Å². The lowest BCUT2D eigenvalue weighted by molar-refractivity contribution is 0.458. The summed E-state index contributed by atoms with van der Waals surface area (Å²) in [4.78, 5) is 7.84. The van der Waals surface area contributed by atoms with Crippen molar-refractivity contribution < 1.29 is 4.74 Å². The molecule has 1 aromatic heterocycles. The summed E-state index contributed by atoms with van der Waals surface area (Å²) in [7, 11) is 0. The summed E-state index contributed by atoms with van der Waals surface area (Å²) in [5, 5.41) is 0.891. The third-order valence-corrected chi connectivity index (χ3v) is 2.79. The van der Waals surface area contributed by atoms with Gasteiger partial charge in [-0.25, -0.2) is 4.98 Å². The number of nitrogens with two attached hydrogens (primary N) is 1. The number of benzene rings is 1. The summed E-state index contributed by atoms with van der Waals surface area (Å²) in [5.41, 5.74) is 6.27. The molecule has 1 aromatic carbocycles. The fraction of sp³-hybridized carbons (Fsp3) is 0.0909. The van der Waals surface area contributed by atoms with Gasteiger partial charge in [-0.1, -0.05) is 23.2 Å². The first kappa shape index (κ1) is 12.0. The minimum atomic E-state index is 0.158. The van der Waals surface area contributed by atoms with Crippen LogP contribution in [0.4, 0.5) is 5.95 Å². The summed E-state index contributed by atoms with van der Waals surface area (Å²) < 4.78 is 5.55. The molecule has 0 unspecified atom stereocenters. The smallest absolute Gasteiger partial charge is 0.226 e. The second-order valence-corrected chi connectivity index (χ2v) is 4.21. The van der Waals surface area contributed by atoms with E-state index in [-0.39, 0.29) is 5.95 Å². The summed E-state index contributed by atoms with van der Waals surface area (Å²) >= 11 is 11.7. The lowest BCUT2D eigenvalue weighted by Crippen LogP contribution is -1.98. The molecule has 0 saturated carbocycles. The van der Waals surface area contributed by atoms with E-state index in [2.05, 4.69) is 9.97 Å². The van der Waals surface area contributed by atoms with Gasteiger partial charge in [0.25, 0.3) is 0 Å². The number of nitrogens with zero attached hydrogens (tertiary/aromatic N) is 2. The second-order valence-electron chi connectivity index (χ2n) is 3.39. The van der Waals surface area contributed by atoms with E-state index in [1.165, 1.54) is 0 Å². The number of ether oxygens (including phenoxy) is 1. The van der Waals surface area contributed by atoms with Gasteiger partial charge in [0.05, 0.1) is 10.0 Å². The quantitative estimate of drug-likeness (QED) is 0.907. The van der Waals surface area contributed by atoms with Gasteiger partial charge in [0.15, 0.2) is 0 Å². The molecule has 0 aliphatic carbocycles. The largest absolute Gasteiger partial charge is 0.439 e. The second kappa shape index (κ2) is 4.77. The molecule has 0 aliphatic rings. The zero-order valence-corrected chi connectivity index (χ0v) is 10.5. The Morgan fingerprint density at radius 2 is 2.00 bits per heavy atom. The molecule has 17 heavy (non-hydrogen) atoms. The van der Waals surface area contributed by atoms with Crippen molar-refractivity contribution in [2.24, 2.45) is 0 Å². The molecule has 0 bridgehead atoms. The molecule has 0 aliphatic heterocycles. The number of nitrogen functional groups attached to an aromatic ring is 1. The van der Waals surface area contributed by atoms with Crippen LogP contribution in [0.15, 0.2) is 24.4 Å². The molecule has 0 radical (unpaired) electrons. The number of hydrogen-bond acceptors (Lipinski definition) is 4. The Bertz CT molecular complexity index is 560. The van der Waals surface area contributed by atoms with Gasteiger partial charge in [0, 0.05) is 17.8 Å². The number of anilines is 1. The van der Waals surface area contributed by atoms with Gasteiger partial charge in [0.2, 0.25) is 11.8 Å². The van der Waals surface area contributed by atoms with Crippen molar-refractivity contribution in [1.29, 1.82) is 0 Å². The zero-order chi connectivity index (χ0) is 12.4. The normalized spacial score (nSPS) is 10.3. The van der Waals surface area contributed by atoms with Gasteiger partial charge >= 0.3 is 0 Å². The monoisotopic (exact) mass is 269 g/mol. The van der Waals surface area contributed by atoms with E-state index in [0.717, 1.165) is 5.56 Å². The Hall–Kier alpha value is -1.52. The van der Waals surface area contributed by atoms with Gasteiger partial charge < -0.3 is 10.5 Å². The highest BCUT2D eigenvalue weighted by molar-refractivity contribution is 6.42. The van der Waals surface area contributed by atoms with Crippen LogP contribution in [0.1, 0.15) is 5.56 Å². The van der Waals surface area contributed by atoms with Crippen molar-refractivity contribution in [2.45, 2.75) is 6.92 Å². The molecule has 2 aromatic rings. The Kier molecular flexibility index (Phi) is 3.36. The maximum atomic E-state index is 5.88. The molecule has 88 valence electrons. The van der Waals surface area contributed by atoms with E-state index in [9.17, 15) is 0 Å². The predicted octanol–water partition coefficient (Wildman–Crippen LogP) is 3.47. The van der Waals surface area contributed by atoms with Gasteiger partial charge in [0.1, 0.15) is 5.75 Å². The fourth-order valence-electron chi connectivity index (χ4n) is 1.19. The van der Waals surface area contributed by atoms with Crippen LogP contribution in [-0.2, 0) is 0 Å². The average molecular weight is 270 g/mol. The van der Waals surface area contributed by atoms with Crippen LogP contribution in [0.3, 0.4) is 0 Å². The van der Waals surface area contributed by atoms with E-state index in [1.54, 1.807) is 24.4 Å². The van der Waals surface area contributed by atoms with Crippen LogP contribution in [0.5, 0.6) is 11.6 Å². The van der Waals surface area contributed by atoms with E-state index in [4.69, 9.17) is 33.7 Å². The molecule has 0 amide bonds. The molecular weight excluding hydrogens is 261 g/mol. The summed E-state index contributed by atoms with van der Waals surface area (Å²) in [5.74, 6) is 1.10. The average Bonchev–Trinajstić information content (AvgIpc) is 2.29. The van der Waals surface area contributed by atoms with E-state index >= 15 is 0 Å². The minimum absolute atomic E-state index is 0.158. The molecule has 0 spiro atoms. The van der Waals surface area contributed by atoms with Crippen LogP contribution < -0.4 is 10.5 Å². The molecule has 0 saturated heterocycles. The SMILES string of the molecule is Cc1cnc(N)nc1Oc1ccc(Cl)c(Cl)c1. The van der Waals surface area contributed by atoms with Gasteiger partial charge in [-0.2, -0.15) is 4.98 Å². The van der Waals surface area contributed by atoms with Crippen molar-refractivity contribution in [2.75, 3.05) is 5.73 Å². The number of halogens is 2. The molecule has 2 rings (SSSR count). The van der Waals surface area contributed by atoms with Gasteiger partial charge in [-0.05, 0) is 19.1 Å². The Morgan fingerprint density at radius 3 is 2.71 bits per heavy atom. The molecule has 6 heteroatoms. The number of hydrogen-bond donors (Lipinski definition) is 1. The van der Waals surface area contributed by atoms with Crippen LogP contribution >= 0.6 is 23.2 Å². The minimum Gasteiger partial charge on any atom is -0.439 e. The topological polar surface area (TPSA) is 61.0 Å². The third-order valence-electron chi connectivity index (χ3n) is 2.05. The van der Waals surface area contributed by atoms with Gasteiger partial charge in [-0.3, -0.25) is 0 Å². The molecule has 1 heterocycles. The number of aryl methyl sites for hydroxylation is 1. The first-order valence-corrected chi connectivity index (χ1v) is 5.54. The summed E-state index contributed by atoms with van der Waals surface area (Å²) in [6, 6.07) is 4.96. The highest BCUT2D eigenvalue weighted by atomic mass is 35.5. The van der Waals surface area contributed by atoms with Gasteiger partial charge in [-0.15, -0.1) is 0 Å². The first-order chi connectivity index (χ1) is 8.06. The van der Waals surface area contributed by atoms with Crippen LogP contribution in [0.25, 0.3) is 0 Å². The fourth-order valence-corrected chi connectivity index (χ4v) is 1.48. The van der Waals surface area contributed by atoms with Crippen LogP contribution in [-0.4, -0.2) is 9.97 Å². The molecule has 0 atom stereocenters. The summed E-state index contributed by atoms with van der Waals surface area (Å²) in [6.45, 7) is 1.83. The van der Waals surface area contributed by atoms with E-state index in [0.29, 0.717) is 21.7 Å². The first-order valence-electron chi connectivity index (χ1n) is 4.78. The van der Waals surface area contributed by atoms with Crippen molar-refractivity contribution in [3.8, 4) is 11.6 Å². The van der Waals surface area contributed by atoms with Crippen molar-refractivity contribution >= 4 is 29.2 Å². The van der Waals surface area contributed by atoms with Crippen LogP contribution in [0, 0.1) is 6.92 Å². The van der Waals surface area contributed by atoms with Crippen molar-refractivity contribution in [3.63, 3.8) is 0 Å². The number of aromatic nitrogens is 2. The molecule has 4 nitrogen and oxygen atoms in total. The Labute approximate surface area is 108 Å². The van der Waals surface area contributed by atoms with E-state index in [1.807, 2.05) is 6.92 Å². The Morgan fingerprint density at radius 1 is 1.24 bits per heavy atom. The summed E-state index contributed by atoms with van der Waals surface area (Å²) in [6.07, 6.45) is 1.59.